The van der Waals surface area contributed by atoms with Crippen LogP contribution < -0.4 is 9.46 Å². The van der Waals surface area contributed by atoms with Crippen molar-refractivity contribution in [2.24, 2.45) is 40.4 Å². The van der Waals surface area contributed by atoms with E-state index in [9.17, 15) is 31.2 Å². The molecule has 5 rings (SSSR count). The van der Waals surface area contributed by atoms with Gasteiger partial charge in [-0.15, -0.1) is 13.2 Å². The summed E-state index contributed by atoms with van der Waals surface area (Å²) < 4.78 is 68.0. The lowest BCUT2D eigenvalue weighted by molar-refractivity contribution is -0.274. The molecule has 1 aromatic carbocycles. The van der Waals surface area contributed by atoms with Crippen molar-refractivity contribution in [1.82, 2.24) is 4.72 Å². The zero-order valence-corrected chi connectivity index (χ0v) is 24.2. The number of ketones is 1. The van der Waals surface area contributed by atoms with Crippen LogP contribution in [0.25, 0.3) is 0 Å². The molecule has 0 spiro atoms. The summed E-state index contributed by atoms with van der Waals surface area (Å²) in [5, 5.41) is 0. The number of sulfonamides is 1. The number of fused-ring (bicyclic) bond motifs is 5. The van der Waals surface area contributed by atoms with Crippen molar-refractivity contribution in [2.75, 3.05) is 0 Å². The molecule has 41 heavy (non-hydrogen) atoms. The molecule has 0 heterocycles. The average Bonchev–Trinajstić information content (AvgIpc) is 3.24. The number of halogens is 3. The molecular formula is C31H36F3NO5S. The minimum Gasteiger partial charge on any atom is -0.406 e. The van der Waals surface area contributed by atoms with Crippen LogP contribution in [0.2, 0.25) is 0 Å². The Bertz CT molecular complexity index is 1410. The van der Waals surface area contributed by atoms with E-state index in [1.165, 1.54) is 11.6 Å². The van der Waals surface area contributed by atoms with Gasteiger partial charge in [0.05, 0.1) is 4.90 Å². The Kier molecular flexibility index (Phi) is 7.54. The van der Waals surface area contributed by atoms with Gasteiger partial charge in [0.1, 0.15) is 5.75 Å². The zero-order chi connectivity index (χ0) is 29.8. The van der Waals surface area contributed by atoms with Gasteiger partial charge in [0.25, 0.3) is 15.9 Å². The van der Waals surface area contributed by atoms with Crippen molar-refractivity contribution in [1.29, 1.82) is 0 Å². The van der Waals surface area contributed by atoms with Crippen LogP contribution in [0.5, 0.6) is 5.75 Å². The lowest BCUT2D eigenvalue weighted by atomic mass is 9.48. The highest BCUT2D eigenvalue weighted by atomic mass is 32.2. The first-order chi connectivity index (χ1) is 19.1. The molecule has 6 nitrogen and oxygen atoms in total. The molecule has 0 saturated heterocycles. The molecular weight excluding hydrogens is 555 g/mol. The van der Waals surface area contributed by atoms with E-state index in [0.717, 1.165) is 56.4 Å². The van der Waals surface area contributed by atoms with Gasteiger partial charge in [0.2, 0.25) is 0 Å². The van der Waals surface area contributed by atoms with E-state index in [-0.39, 0.29) is 27.4 Å². The fraction of sp³-hybridized carbons (Fsp3) is 0.548. The second-order valence-electron chi connectivity index (χ2n) is 12.6. The molecule has 4 aliphatic rings. The number of carbonyl (C=O) groups is 2. The van der Waals surface area contributed by atoms with E-state index in [0.29, 0.717) is 30.1 Å². The summed E-state index contributed by atoms with van der Waals surface area (Å²) in [5.41, 5.74) is 1.30. The van der Waals surface area contributed by atoms with Crippen molar-refractivity contribution in [3.05, 3.63) is 60.2 Å². The van der Waals surface area contributed by atoms with E-state index in [2.05, 4.69) is 37.7 Å². The minimum atomic E-state index is -4.89. The van der Waals surface area contributed by atoms with Crippen LogP contribution in [0.15, 0.2) is 65.1 Å². The lowest BCUT2D eigenvalue weighted by Crippen LogP contribution is -2.49. The van der Waals surface area contributed by atoms with E-state index in [1.54, 1.807) is 6.08 Å². The Hall–Kier alpha value is -2.88. The maximum atomic E-state index is 12.6. The number of rotatable bonds is 6. The predicted octanol–water partition coefficient (Wildman–Crippen LogP) is 6.51. The van der Waals surface area contributed by atoms with E-state index in [4.69, 9.17) is 0 Å². The molecule has 222 valence electrons. The third kappa shape index (κ3) is 5.64. The molecule has 7 atom stereocenters. The van der Waals surface area contributed by atoms with Gasteiger partial charge in [-0.2, -0.15) is 0 Å². The predicted molar refractivity (Wildman–Crippen MR) is 147 cm³/mol. The fourth-order valence-corrected chi connectivity index (χ4v) is 9.27. The molecule has 1 amide bonds. The van der Waals surface area contributed by atoms with E-state index < -0.39 is 28.0 Å². The third-order valence-electron chi connectivity index (χ3n) is 10.4. The summed E-state index contributed by atoms with van der Waals surface area (Å²) in [5.74, 6) is 0.691. The first-order valence-electron chi connectivity index (χ1n) is 14.2. The van der Waals surface area contributed by atoms with Gasteiger partial charge >= 0.3 is 6.36 Å². The number of ether oxygens (including phenoxy) is 1. The van der Waals surface area contributed by atoms with Gasteiger partial charge in [0, 0.05) is 12.5 Å². The highest BCUT2D eigenvalue weighted by Gasteiger charge is 2.58. The monoisotopic (exact) mass is 591 g/mol. The molecule has 0 radical (unpaired) electrons. The molecule has 1 aromatic rings. The summed E-state index contributed by atoms with van der Waals surface area (Å²) in [7, 11) is -4.27. The number of alkyl halides is 3. The van der Waals surface area contributed by atoms with Crippen molar-refractivity contribution < 1.29 is 35.9 Å². The minimum absolute atomic E-state index is 0.0352. The second kappa shape index (κ2) is 10.4. The van der Waals surface area contributed by atoms with Crippen LogP contribution in [0.4, 0.5) is 13.2 Å². The summed E-state index contributed by atoms with van der Waals surface area (Å²) in [4.78, 5) is 24.3. The van der Waals surface area contributed by atoms with Crippen LogP contribution in [0, 0.1) is 40.4 Å². The number of amides is 1. The number of carbonyl (C=O) groups excluding carboxylic acids is 2. The Morgan fingerprint density at radius 2 is 1.80 bits per heavy atom. The standard InChI is InChI=1S/C31H36F3NO5S/c1-19(4-13-28(37)35-41(38,39)23-8-6-22(7-9-23)40-31(32,33)34)25-11-12-26-24-10-5-20-18-21(36)14-16-29(20,2)27(24)15-17-30(25,26)3/h4-10,13,18-19,24-27H,11-12,14-17H2,1-3H3,(H,35,37)/b13-4+/t19-,24?,25-,26?,27?,29+,30-/m1/s1. The van der Waals surface area contributed by atoms with Crippen molar-refractivity contribution in [2.45, 2.75) is 70.6 Å². The number of nitrogens with one attached hydrogen (secondary N) is 1. The molecule has 0 aromatic heterocycles. The van der Waals surface area contributed by atoms with Crippen LogP contribution in [-0.2, 0) is 19.6 Å². The summed E-state index contributed by atoms with van der Waals surface area (Å²) >= 11 is 0. The molecule has 2 saturated carbocycles. The number of benzene rings is 1. The van der Waals surface area contributed by atoms with Gasteiger partial charge in [-0.3, -0.25) is 9.59 Å². The zero-order valence-electron chi connectivity index (χ0n) is 23.4. The smallest absolute Gasteiger partial charge is 0.406 e. The molecule has 4 aliphatic carbocycles. The van der Waals surface area contributed by atoms with Crippen molar-refractivity contribution in [3.63, 3.8) is 0 Å². The third-order valence-corrected chi connectivity index (χ3v) is 11.7. The molecule has 2 fully saturated rings. The summed E-state index contributed by atoms with van der Waals surface area (Å²) in [6.45, 7) is 6.75. The van der Waals surface area contributed by atoms with E-state index in [1.807, 2.05) is 10.8 Å². The number of hydrogen-bond acceptors (Lipinski definition) is 5. The highest BCUT2D eigenvalue weighted by molar-refractivity contribution is 7.90. The average molecular weight is 592 g/mol. The Morgan fingerprint density at radius 1 is 1.10 bits per heavy atom. The largest absolute Gasteiger partial charge is 0.573 e. The maximum Gasteiger partial charge on any atom is 0.573 e. The fourth-order valence-electron chi connectivity index (χ4n) is 8.32. The van der Waals surface area contributed by atoms with Crippen molar-refractivity contribution in [3.8, 4) is 5.75 Å². The second-order valence-corrected chi connectivity index (χ2v) is 14.3. The SMILES string of the molecule is C[C@H](/C=C/C(=O)NS(=O)(=O)c1ccc(OC(F)(F)F)cc1)[C@H]1CCC2C3C=CC4=CC(=O)CC[C@]4(C)C3CC[C@@]21C. The molecule has 1 N–H and O–H groups in total. The normalized spacial score (nSPS) is 33.9. The Balaban J connectivity index is 1.24. The lowest BCUT2D eigenvalue weighted by Gasteiger charge is -2.56. The van der Waals surface area contributed by atoms with Gasteiger partial charge in [-0.05, 0) is 108 Å². The molecule has 10 heteroatoms. The van der Waals surface area contributed by atoms with Gasteiger partial charge in [0.15, 0.2) is 5.78 Å². The van der Waals surface area contributed by atoms with Crippen LogP contribution in [0.3, 0.4) is 0 Å². The van der Waals surface area contributed by atoms with Gasteiger partial charge < -0.3 is 4.74 Å². The molecule has 0 bridgehead atoms. The first-order valence-corrected chi connectivity index (χ1v) is 15.6. The van der Waals surface area contributed by atoms with Crippen LogP contribution in [0.1, 0.15) is 59.3 Å². The topological polar surface area (TPSA) is 89.5 Å². The van der Waals surface area contributed by atoms with Crippen LogP contribution >= 0.6 is 0 Å². The number of hydrogen-bond donors (Lipinski definition) is 1. The maximum absolute atomic E-state index is 12.6. The van der Waals surface area contributed by atoms with E-state index >= 15 is 0 Å². The Morgan fingerprint density at radius 3 is 2.49 bits per heavy atom. The molecule has 3 unspecified atom stereocenters. The van der Waals surface area contributed by atoms with Gasteiger partial charge in [-0.1, -0.05) is 39.0 Å². The highest BCUT2D eigenvalue weighted by Crippen LogP contribution is 2.66. The number of allylic oxidation sites excluding steroid dienone is 5. The van der Waals surface area contributed by atoms with Gasteiger partial charge in [-0.25, -0.2) is 13.1 Å². The Labute approximate surface area is 239 Å². The quantitative estimate of drug-likeness (QED) is 0.381. The summed E-state index contributed by atoms with van der Waals surface area (Å²) in [6.07, 6.45) is 10.3. The van der Waals surface area contributed by atoms with Crippen LogP contribution in [-0.4, -0.2) is 26.5 Å². The summed E-state index contributed by atoms with van der Waals surface area (Å²) in [6, 6.07) is 3.65. The molecule has 0 aliphatic heterocycles. The first kappa shape index (κ1) is 29.6. The van der Waals surface area contributed by atoms with Crippen molar-refractivity contribution >= 4 is 21.7 Å².